The van der Waals surface area contributed by atoms with E-state index >= 15 is 0 Å². The van der Waals surface area contributed by atoms with Gasteiger partial charge in [-0.1, -0.05) is 54.6 Å². The van der Waals surface area contributed by atoms with Crippen LogP contribution >= 0.6 is 0 Å². The number of hydrogen-bond donors (Lipinski definition) is 0. The lowest BCUT2D eigenvalue weighted by molar-refractivity contribution is -0.118. The van der Waals surface area contributed by atoms with Crippen molar-refractivity contribution in [3.05, 3.63) is 0 Å². The van der Waals surface area contributed by atoms with Gasteiger partial charge in [0.05, 0.1) is 8.07 Å². The van der Waals surface area contributed by atoms with Gasteiger partial charge in [-0.15, -0.1) is 0 Å². The highest BCUT2D eigenvalue weighted by Gasteiger charge is 2.46. The minimum absolute atomic E-state index is 0.278. The predicted octanol–water partition coefficient (Wildman–Crippen LogP) is 4.50. The van der Waals surface area contributed by atoms with Crippen molar-refractivity contribution in [2.24, 2.45) is 5.92 Å². The van der Waals surface area contributed by atoms with Crippen LogP contribution in [0.4, 0.5) is 0 Å². The molecule has 0 unspecified atom stereocenters. The number of rotatable bonds is 5. The second-order valence-corrected chi connectivity index (χ2v) is 11.7. The Bertz CT molecular complexity index is 229. The van der Waals surface area contributed by atoms with Gasteiger partial charge in [0.1, 0.15) is 5.78 Å². The van der Waals surface area contributed by atoms with Crippen LogP contribution in [0.3, 0.4) is 0 Å². The Kier molecular flexibility index (Phi) is 4.78. The molecule has 0 aliphatic carbocycles. The summed E-state index contributed by atoms with van der Waals surface area (Å²) in [6.07, 6.45) is 0.686. The first-order valence-corrected chi connectivity index (χ1v) is 9.19. The molecule has 1 nitrogen and oxygen atoms in total. The van der Waals surface area contributed by atoms with Crippen molar-refractivity contribution in [3.63, 3.8) is 0 Å². The number of hydrogen-bond acceptors (Lipinski definition) is 1. The van der Waals surface area contributed by atoms with E-state index in [9.17, 15) is 4.79 Å². The smallest absolute Gasteiger partial charge is 0.132 e. The minimum atomic E-state index is -1.53. The highest BCUT2D eigenvalue weighted by Crippen LogP contribution is 2.49. The van der Waals surface area contributed by atoms with E-state index in [4.69, 9.17) is 0 Å². The summed E-state index contributed by atoms with van der Waals surface area (Å²) in [5.74, 6) is 1.09. The average Bonchev–Trinajstić information content (AvgIpc) is 2.14. The van der Waals surface area contributed by atoms with Crippen LogP contribution < -0.4 is 0 Å². The first-order valence-electron chi connectivity index (χ1n) is 6.11. The molecule has 0 aromatic carbocycles. The summed E-state index contributed by atoms with van der Waals surface area (Å²) < 4.78 is 0. The van der Waals surface area contributed by atoms with Gasteiger partial charge in [0, 0.05) is 12.0 Å². The monoisotopic (exact) mass is 228 g/mol. The fraction of sp³-hybridized carbons (Fsp3) is 0.923. The molecule has 15 heavy (non-hydrogen) atoms. The van der Waals surface area contributed by atoms with Crippen molar-refractivity contribution in [3.8, 4) is 0 Å². The van der Waals surface area contributed by atoms with Crippen LogP contribution in [0.15, 0.2) is 0 Å². The molecule has 0 fully saturated rings. The highest BCUT2D eigenvalue weighted by molar-refractivity contribution is 6.84. The molecule has 0 aromatic rings. The molecular weight excluding hydrogens is 200 g/mol. The fourth-order valence-electron chi connectivity index (χ4n) is 2.01. The predicted molar refractivity (Wildman–Crippen MR) is 71.1 cm³/mol. The standard InChI is InChI=1S/C13H28OSi/c1-9-12(14)11(4)15(7,8)13(5,6)10(2)3/h10-11H,9H2,1-8H3/t11-/m1/s1. The first-order chi connectivity index (χ1) is 6.59. The van der Waals surface area contributed by atoms with Crippen LogP contribution in [0.5, 0.6) is 0 Å². The summed E-state index contributed by atoms with van der Waals surface area (Å²) in [6, 6.07) is 0. The van der Waals surface area contributed by atoms with Crippen molar-refractivity contribution in [2.45, 2.75) is 71.6 Å². The van der Waals surface area contributed by atoms with Gasteiger partial charge in [-0.2, -0.15) is 0 Å². The molecule has 0 spiro atoms. The van der Waals surface area contributed by atoms with Crippen LogP contribution in [0.1, 0.15) is 48.0 Å². The molecule has 0 aliphatic rings. The second-order valence-electron chi connectivity index (χ2n) is 6.14. The highest BCUT2D eigenvalue weighted by atomic mass is 28.3. The zero-order valence-electron chi connectivity index (χ0n) is 11.8. The molecule has 0 saturated heterocycles. The Hall–Kier alpha value is -0.113. The molecule has 0 aromatic heterocycles. The van der Waals surface area contributed by atoms with Gasteiger partial charge >= 0.3 is 0 Å². The number of Topliss-reactive ketones (excluding diaryl/α,β-unsaturated/α-hetero) is 1. The van der Waals surface area contributed by atoms with Crippen LogP contribution in [0, 0.1) is 5.92 Å². The van der Waals surface area contributed by atoms with Crippen LogP contribution in [0.2, 0.25) is 23.7 Å². The molecule has 0 bridgehead atoms. The molecule has 0 amide bonds. The Labute approximate surface area is 96.7 Å². The molecule has 0 heterocycles. The van der Waals surface area contributed by atoms with Crippen molar-refractivity contribution in [2.75, 3.05) is 0 Å². The molecule has 0 N–H and O–H groups in total. The van der Waals surface area contributed by atoms with Crippen LogP contribution in [-0.4, -0.2) is 13.9 Å². The summed E-state index contributed by atoms with van der Waals surface area (Å²) >= 11 is 0. The lowest BCUT2D eigenvalue weighted by Gasteiger charge is -2.46. The zero-order chi connectivity index (χ0) is 12.4. The largest absolute Gasteiger partial charge is 0.300 e. The third kappa shape index (κ3) is 2.71. The van der Waals surface area contributed by atoms with E-state index in [1.54, 1.807) is 0 Å². The third-order valence-corrected chi connectivity index (χ3v) is 11.4. The quantitative estimate of drug-likeness (QED) is 0.633. The number of ketones is 1. The normalized spacial score (nSPS) is 15.5. The average molecular weight is 228 g/mol. The van der Waals surface area contributed by atoms with E-state index in [1.807, 2.05) is 6.92 Å². The number of carbonyl (C=O) groups is 1. The van der Waals surface area contributed by atoms with Crippen molar-refractivity contribution >= 4 is 13.9 Å². The van der Waals surface area contributed by atoms with Crippen molar-refractivity contribution in [1.29, 1.82) is 0 Å². The Morgan fingerprint density at radius 2 is 1.60 bits per heavy atom. The fourth-order valence-corrected chi connectivity index (χ4v) is 5.62. The summed E-state index contributed by atoms with van der Waals surface area (Å²) in [5.41, 5.74) is 0.278. The van der Waals surface area contributed by atoms with E-state index in [2.05, 4.69) is 47.7 Å². The Morgan fingerprint density at radius 3 is 1.87 bits per heavy atom. The van der Waals surface area contributed by atoms with Gasteiger partial charge in [-0.25, -0.2) is 0 Å². The zero-order valence-corrected chi connectivity index (χ0v) is 12.8. The third-order valence-electron chi connectivity index (χ3n) is 5.02. The summed E-state index contributed by atoms with van der Waals surface area (Å²) in [7, 11) is -1.53. The van der Waals surface area contributed by atoms with Crippen molar-refractivity contribution < 1.29 is 4.79 Å². The van der Waals surface area contributed by atoms with Gasteiger partial charge < -0.3 is 0 Å². The maximum Gasteiger partial charge on any atom is 0.132 e. The van der Waals surface area contributed by atoms with Crippen molar-refractivity contribution in [1.82, 2.24) is 0 Å². The van der Waals surface area contributed by atoms with E-state index in [0.29, 0.717) is 23.2 Å². The van der Waals surface area contributed by atoms with Crippen LogP contribution in [-0.2, 0) is 4.79 Å². The van der Waals surface area contributed by atoms with Gasteiger partial charge in [-0.05, 0) is 11.0 Å². The second kappa shape index (κ2) is 4.81. The van der Waals surface area contributed by atoms with Gasteiger partial charge in [-0.3, -0.25) is 4.79 Å². The maximum absolute atomic E-state index is 11.9. The van der Waals surface area contributed by atoms with Crippen LogP contribution in [0.25, 0.3) is 0 Å². The summed E-state index contributed by atoms with van der Waals surface area (Å²) in [6.45, 7) is 18.1. The molecule has 0 rings (SSSR count). The molecular formula is C13H28OSi. The number of carbonyl (C=O) groups excluding carboxylic acids is 1. The van der Waals surface area contributed by atoms with E-state index < -0.39 is 8.07 Å². The van der Waals surface area contributed by atoms with Gasteiger partial charge in [0.2, 0.25) is 0 Å². The molecule has 1 atom stereocenters. The minimum Gasteiger partial charge on any atom is -0.300 e. The molecule has 0 aliphatic heterocycles. The summed E-state index contributed by atoms with van der Waals surface area (Å²) in [4.78, 5) is 11.9. The van der Waals surface area contributed by atoms with E-state index in [1.165, 1.54) is 0 Å². The molecule has 0 saturated carbocycles. The first kappa shape index (κ1) is 14.9. The molecule has 0 radical (unpaired) electrons. The topological polar surface area (TPSA) is 17.1 Å². The van der Waals surface area contributed by atoms with E-state index in [-0.39, 0.29) is 5.54 Å². The lowest BCUT2D eigenvalue weighted by Crippen LogP contribution is -2.47. The molecule has 2 heteroatoms. The maximum atomic E-state index is 11.9. The Morgan fingerprint density at radius 1 is 1.20 bits per heavy atom. The SMILES string of the molecule is CCC(=O)[C@@H](C)[Si](C)(C)C(C)(C)C(C)C. The van der Waals surface area contributed by atoms with Gasteiger partial charge in [0.25, 0.3) is 0 Å². The summed E-state index contributed by atoms with van der Waals surface area (Å²) in [5, 5.41) is 0.317. The lowest BCUT2D eigenvalue weighted by atomic mass is 9.99. The Balaban J connectivity index is 5.04. The van der Waals surface area contributed by atoms with Gasteiger partial charge in [0.15, 0.2) is 0 Å². The molecule has 90 valence electrons. The van der Waals surface area contributed by atoms with E-state index in [0.717, 1.165) is 0 Å².